The molecule has 3 nitrogen and oxygen atoms in total. The lowest BCUT2D eigenvalue weighted by Gasteiger charge is -2.27. The zero-order valence-electron chi connectivity index (χ0n) is 9.61. The molecule has 1 aliphatic carbocycles. The summed E-state index contributed by atoms with van der Waals surface area (Å²) >= 11 is 0. The van der Waals surface area contributed by atoms with Gasteiger partial charge in [0.1, 0.15) is 11.8 Å². The summed E-state index contributed by atoms with van der Waals surface area (Å²) in [4.78, 5) is 4.05. The Kier molecular flexibility index (Phi) is 3.40. The van der Waals surface area contributed by atoms with E-state index in [1.807, 2.05) is 12.1 Å². The fraction of sp³-hybridized carbons (Fsp3) is 0.538. The predicted molar refractivity (Wildman–Crippen MR) is 64.0 cm³/mol. The minimum Gasteiger partial charge on any atom is -0.381 e. The van der Waals surface area contributed by atoms with Gasteiger partial charge in [0.25, 0.3) is 0 Å². The topological polar surface area (TPSA) is 48.7 Å². The van der Waals surface area contributed by atoms with Crippen molar-refractivity contribution < 1.29 is 0 Å². The molecule has 0 unspecified atom stereocenters. The van der Waals surface area contributed by atoms with Gasteiger partial charge in [-0.15, -0.1) is 0 Å². The van der Waals surface area contributed by atoms with Gasteiger partial charge in [-0.3, -0.25) is 0 Å². The third kappa shape index (κ3) is 2.73. The van der Waals surface area contributed by atoms with Crippen LogP contribution in [0.2, 0.25) is 0 Å². The molecule has 1 saturated carbocycles. The quantitative estimate of drug-likeness (QED) is 0.825. The monoisotopic (exact) mass is 215 g/mol. The van der Waals surface area contributed by atoms with Crippen molar-refractivity contribution >= 4 is 5.69 Å². The average molecular weight is 215 g/mol. The van der Waals surface area contributed by atoms with E-state index in [0.717, 1.165) is 11.6 Å². The molecule has 0 amide bonds. The van der Waals surface area contributed by atoms with Crippen molar-refractivity contribution in [2.24, 2.45) is 5.92 Å². The smallest absolute Gasteiger partial charge is 0.140 e. The lowest BCUT2D eigenvalue weighted by atomic mass is 9.87. The molecule has 0 spiro atoms. The third-order valence-corrected chi connectivity index (χ3v) is 3.26. The molecule has 1 heterocycles. The van der Waals surface area contributed by atoms with Crippen LogP contribution >= 0.6 is 0 Å². The van der Waals surface area contributed by atoms with Gasteiger partial charge < -0.3 is 5.32 Å². The minimum atomic E-state index is 0.475. The lowest BCUT2D eigenvalue weighted by molar-refractivity contribution is 0.361. The van der Waals surface area contributed by atoms with Crippen LogP contribution in [0.1, 0.15) is 38.3 Å². The number of nitriles is 1. The van der Waals surface area contributed by atoms with Crippen molar-refractivity contribution in [1.29, 1.82) is 5.26 Å². The highest BCUT2D eigenvalue weighted by Crippen LogP contribution is 2.25. The van der Waals surface area contributed by atoms with Crippen LogP contribution in [-0.4, -0.2) is 11.0 Å². The Hall–Kier alpha value is -1.56. The largest absolute Gasteiger partial charge is 0.381 e. The van der Waals surface area contributed by atoms with E-state index in [4.69, 9.17) is 5.26 Å². The Morgan fingerprint density at radius 3 is 2.62 bits per heavy atom. The van der Waals surface area contributed by atoms with Crippen LogP contribution < -0.4 is 5.32 Å². The van der Waals surface area contributed by atoms with E-state index in [-0.39, 0.29) is 0 Å². The van der Waals surface area contributed by atoms with Gasteiger partial charge >= 0.3 is 0 Å². The number of pyridine rings is 1. The van der Waals surface area contributed by atoms with E-state index < -0.39 is 0 Å². The summed E-state index contributed by atoms with van der Waals surface area (Å²) < 4.78 is 0. The number of anilines is 1. The Morgan fingerprint density at radius 2 is 2.06 bits per heavy atom. The van der Waals surface area contributed by atoms with Gasteiger partial charge in [0.2, 0.25) is 0 Å². The normalized spacial score (nSPS) is 24.8. The molecule has 3 heteroatoms. The summed E-state index contributed by atoms with van der Waals surface area (Å²) in [5, 5.41) is 12.1. The molecule has 16 heavy (non-hydrogen) atoms. The van der Waals surface area contributed by atoms with Gasteiger partial charge in [-0.1, -0.05) is 6.92 Å². The highest BCUT2D eigenvalue weighted by Gasteiger charge is 2.17. The molecule has 1 N–H and O–H groups in total. The number of nitrogens with zero attached hydrogens (tertiary/aromatic N) is 2. The number of hydrogen-bond donors (Lipinski definition) is 1. The molecule has 2 rings (SSSR count). The standard InChI is InChI=1S/C13H17N3/c1-10-2-4-11(5-3-10)16-13-7-6-12(8-14)15-9-13/h6-7,9-11,16H,2-5H2,1H3. The molecule has 84 valence electrons. The van der Waals surface area contributed by atoms with Gasteiger partial charge in [0.05, 0.1) is 11.9 Å². The summed E-state index contributed by atoms with van der Waals surface area (Å²) in [6, 6.07) is 6.29. The number of aromatic nitrogens is 1. The Balaban J connectivity index is 1.91. The molecule has 0 aliphatic heterocycles. The second-order valence-electron chi connectivity index (χ2n) is 4.65. The summed E-state index contributed by atoms with van der Waals surface area (Å²) in [7, 11) is 0. The zero-order chi connectivity index (χ0) is 11.4. The van der Waals surface area contributed by atoms with Crippen LogP contribution in [0, 0.1) is 17.2 Å². The molecular weight excluding hydrogens is 198 g/mol. The zero-order valence-corrected chi connectivity index (χ0v) is 9.61. The van der Waals surface area contributed by atoms with E-state index in [0.29, 0.717) is 11.7 Å². The van der Waals surface area contributed by atoms with Crippen LogP contribution in [0.15, 0.2) is 18.3 Å². The van der Waals surface area contributed by atoms with Crippen molar-refractivity contribution in [3.05, 3.63) is 24.0 Å². The minimum absolute atomic E-state index is 0.475. The maximum Gasteiger partial charge on any atom is 0.140 e. The van der Waals surface area contributed by atoms with Gasteiger partial charge in [-0.05, 0) is 43.7 Å². The van der Waals surface area contributed by atoms with Crippen molar-refractivity contribution in [2.45, 2.75) is 38.6 Å². The molecular formula is C13H17N3. The first-order valence-corrected chi connectivity index (χ1v) is 5.90. The molecule has 1 aromatic rings. The van der Waals surface area contributed by atoms with Crippen LogP contribution in [0.5, 0.6) is 0 Å². The fourth-order valence-electron chi connectivity index (χ4n) is 2.19. The molecule has 0 atom stereocenters. The summed E-state index contributed by atoms with van der Waals surface area (Å²) in [6.07, 6.45) is 6.83. The first kappa shape index (κ1) is 10.9. The highest BCUT2D eigenvalue weighted by atomic mass is 14.9. The average Bonchev–Trinajstić information content (AvgIpc) is 2.33. The SMILES string of the molecule is CC1CCC(Nc2ccc(C#N)nc2)CC1. The number of nitrogens with one attached hydrogen (secondary N) is 1. The molecule has 1 aliphatic rings. The summed E-state index contributed by atoms with van der Waals surface area (Å²) in [5.74, 6) is 0.872. The number of hydrogen-bond acceptors (Lipinski definition) is 3. The van der Waals surface area contributed by atoms with E-state index in [2.05, 4.69) is 17.2 Å². The molecule has 0 bridgehead atoms. The lowest BCUT2D eigenvalue weighted by Crippen LogP contribution is -2.25. The molecule has 0 aromatic carbocycles. The van der Waals surface area contributed by atoms with Gasteiger partial charge in [0.15, 0.2) is 0 Å². The fourth-order valence-corrected chi connectivity index (χ4v) is 2.19. The van der Waals surface area contributed by atoms with Crippen molar-refractivity contribution in [3.8, 4) is 6.07 Å². The van der Waals surface area contributed by atoms with Crippen LogP contribution in [-0.2, 0) is 0 Å². The van der Waals surface area contributed by atoms with Gasteiger partial charge in [0, 0.05) is 6.04 Å². The van der Waals surface area contributed by atoms with E-state index >= 15 is 0 Å². The maximum atomic E-state index is 8.65. The van der Waals surface area contributed by atoms with Crippen LogP contribution in [0.25, 0.3) is 0 Å². The third-order valence-electron chi connectivity index (χ3n) is 3.26. The molecule has 1 aromatic heterocycles. The highest BCUT2D eigenvalue weighted by molar-refractivity contribution is 5.43. The second-order valence-corrected chi connectivity index (χ2v) is 4.65. The van der Waals surface area contributed by atoms with Crippen molar-refractivity contribution in [2.75, 3.05) is 5.32 Å². The van der Waals surface area contributed by atoms with Crippen molar-refractivity contribution in [1.82, 2.24) is 4.98 Å². The number of rotatable bonds is 2. The maximum absolute atomic E-state index is 8.65. The van der Waals surface area contributed by atoms with Gasteiger partial charge in [-0.25, -0.2) is 4.98 Å². The Bertz CT molecular complexity index is 369. The molecule has 0 radical (unpaired) electrons. The predicted octanol–water partition coefficient (Wildman–Crippen LogP) is 2.94. The summed E-state index contributed by atoms with van der Waals surface area (Å²) in [5.41, 5.74) is 1.50. The van der Waals surface area contributed by atoms with Gasteiger partial charge in [-0.2, -0.15) is 5.26 Å². The first-order valence-electron chi connectivity index (χ1n) is 5.90. The molecule has 0 saturated heterocycles. The van der Waals surface area contributed by atoms with E-state index in [1.54, 1.807) is 12.3 Å². The van der Waals surface area contributed by atoms with E-state index in [1.165, 1.54) is 25.7 Å². The van der Waals surface area contributed by atoms with Crippen molar-refractivity contribution in [3.63, 3.8) is 0 Å². The summed E-state index contributed by atoms with van der Waals surface area (Å²) in [6.45, 7) is 2.32. The van der Waals surface area contributed by atoms with Crippen LogP contribution in [0.3, 0.4) is 0 Å². The Morgan fingerprint density at radius 1 is 1.31 bits per heavy atom. The molecule has 1 fully saturated rings. The second kappa shape index (κ2) is 4.98. The van der Waals surface area contributed by atoms with Crippen LogP contribution in [0.4, 0.5) is 5.69 Å². The van der Waals surface area contributed by atoms with E-state index in [9.17, 15) is 0 Å². The first-order chi connectivity index (χ1) is 7.78. The Labute approximate surface area is 96.5 Å².